The molecule has 0 aliphatic rings. The highest BCUT2D eigenvalue weighted by atomic mass is 16.7. The zero-order valence-electron chi connectivity index (χ0n) is 11.0. The number of esters is 1. The summed E-state index contributed by atoms with van der Waals surface area (Å²) >= 11 is 0. The first-order valence-corrected chi connectivity index (χ1v) is 5.97. The lowest BCUT2D eigenvalue weighted by atomic mass is 9.98. The van der Waals surface area contributed by atoms with Crippen molar-refractivity contribution in [3.8, 4) is 0 Å². The normalized spacial score (nSPS) is 12.1. The van der Waals surface area contributed by atoms with E-state index in [0.717, 1.165) is 0 Å². The summed E-state index contributed by atoms with van der Waals surface area (Å²) in [6, 6.07) is 0. The van der Waals surface area contributed by atoms with Crippen molar-refractivity contribution >= 4 is 12.1 Å². The Balaban J connectivity index is 4.18. The summed E-state index contributed by atoms with van der Waals surface area (Å²) in [6.45, 7) is 8.03. The number of hydrogen-bond acceptors (Lipinski definition) is 5. The van der Waals surface area contributed by atoms with Gasteiger partial charge in [0, 0.05) is 0 Å². The number of hydrogen-bond donors (Lipinski definition) is 0. The molecule has 0 aliphatic carbocycles. The largest absolute Gasteiger partial charge is 0.508 e. The molecule has 0 N–H and O–H groups in total. The van der Waals surface area contributed by atoms with Gasteiger partial charge in [0.15, 0.2) is 0 Å². The van der Waals surface area contributed by atoms with Gasteiger partial charge in [0.25, 0.3) is 0 Å². The summed E-state index contributed by atoms with van der Waals surface area (Å²) in [5, 5.41) is 0. The maximum absolute atomic E-state index is 11.6. The molecule has 0 aromatic heterocycles. The Morgan fingerprint density at radius 1 is 1.00 bits per heavy atom. The standard InChI is InChI=1S/C12H22O5/c1-5-15-11(13)10(7-9(3)4)8-17-12(14)16-6-2/h9-10H,5-8H2,1-4H3. The summed E-state index contributed by atoms with van der Waals surface area (Å²) in [4.78, 5) is 22.6. The monoisotopic (exact) mass is 246 g/mol. The topological polar surface area (TPSA) is 61.8 Å². The minimum atomic E-state index is -0.745. The SMILES string of the molecule is CCOC(=O)OCC(CC(C)C)C(=O)OCC. The highest BCUT2D eigenvalue weighted by Crippen LogP contribution is 2.14. The first kappa shape index (κ1) is 15.7. The molecule has 0 aromatic rings. The summed E-state index contributed by atoms with van der Waals surface area (Å²) in [7, 11) is 0. The van der Waals surface area contributed by atoms with Gasteiger partial charge in [-0.15, -0.1) is 0 Å². The second kappa shape index (κ2) is 8.84. The average molecular weight is 246 g/mol. The molecule has 5 heteroatoms. The Morgan fingerprint density at radius 3 is 2.06 bits per heavy atom. The lowest BCUT2D eigenvalue weighted by Gasteiger charge is -2.17. The minimum absolute atomic E-state index is 0.00977. The van der Waals surface area contributed by atoms with Gasteiger partial charge in [0.05, 0.1) is 19.1 Å². The van der Waals surface area contributed by atoms with Crippen molar-refractivity contribution in [1.29, 1.82) is 0 Å². The van der Waals surface area contributed by atoms with E-state index in [1.165, 1.54) is 0 Å². The Hall–Kier alpha value is -1.26. The number of ether oxygens (including phenoxy) is 3. The fourth-order valence-electron chi connectivity index (χ4n) is 1.39. The summed E-state index contributed by atoms with van der Waals surface area (Å²) in [5.74, 6) is -0.417. The summed E-state index contributed by atoms with van der Waals surface area (Å²) in [5.41, 5.74) is 0. The van der Waals surface area contributed by atoms with Crippen LogP contribution in [0.3, 0.4) is 0 Å². The van der Waals surface area contributed by atoms with Crippen molar-refractivity contribution in [1.82, 2.24) is 0 Å². The first-order chi connectivity index (χ1) is 8.01. The van der Waals surface area contributed by atoms with E-state index < -0.39 is 12.1 Å². The molecule has 0 saturated heterocycles. The first-order valence-electron chi connectivity index (χ1n) is 5.97. The number of carbonyl (C=O) groups excluding carboxylic acids is 2. The molecule has 0 aromatic carbocycles. The van der Waals surface area contributed by atoms with Crippen LogP contribution in [0.2, 0.25) is 0 Å². The van der Waals surface area contributed by atoms with Crippen LogP contribution in [0.25, 0.3) is 0 Å². The molecule has 0 radical (unpaired) electrons. The number of carbonyl (C=O) groups is 2. The van der Waals surface area contributed by atoms with Crippen molar-refractivity contribution in [3.05, 3.63) is 0 Å². The molecule has 1 unspecified atom stereocenters. The zero-order chi connectivity index (χ0) is 13.3. The van der Waals surface area contributed by atoms with E-state index in [1.807, 2.05) is 13.8 Å². The van der Waals surface area contributed by atoms with Crippen LogP contribution in [-0.4, -0.2) is 31.9 Å². The Morgan fingerprint density at radius 2 is 1.59 bits per heavy atom. The van der Waals surface area contributed by atoms with Gasteiger partial charge < -0.3 is 14.2 Å². The number of rotatable bonds is 7. The fourth-order valence-corrected chi connectivity index (χ4v) is 1.39. The molecule has 0 spiro atoms. The van der Waals surface area contributed by atoms with Gasteiger partial charge in [0.2, 0.25) is 0 Å². The van der Waals surface area contributed by atoms with Crippen molar-refractivity contribution < 1.29 is 23.8 Å². The van der Waals surface area contributed by atoms with Crippen molar-refractivity contribution in [2.45, 2.75) is 34.1 Å². The maximum atomic E-state index is 11.6. The van der Waals surface area contributed by atoms with Crippen LogP contribution < -0.4 is 0 Å². The lowest BCUT2D eigenvalue weighted by molar-refractivity contribution is -0.150. The molecule has 0 saturated carbocycles. The van der Waals surface area contributed by atoms with E-state index >= 15 is 0 Å². The van der Waals surface area contributed by atoms with Crippen LogP contribution >= 0.6 is 0 Å². The summed E-state index contributed by atoms with van der Waals surface area (Å²) in [6.07, 6.45) is -0.122. The highest BCUT2D eigenvalue weighted by molar-refractivity contribution is 5.73. The van der Waals surface area contributed by atoms with E-state index in [4.69, 9.17) is 9.47 Å². The van der Waals surface area contributed by atoms with E-state index in [9.17, 15) is 9.59 Å². The third kappa shape index (κ3) is 7.60. The molecular weight excluding hydrogens is 224 g/mol. The molecule has 0 aliphatic heterocycles. The fraction of sp³-hybridized carbons (Fsp3) is 0.833. The van der Waals surface area contributed by atoms with Crippen LogP contribution in [0.4, 0.5) is 4.79 Å². The van der Waals surface area contributed by atoms with Gasteiger partial charge in [-0.25, -0.2) is 4.79 Å². The molecule has 5 nitrogen and oxygen atoms in total. The van der Waals surface area contributed by atoms with E-state index in [2.05, 4.69) is 4.74 Å². The third-order valence-corrected chi connectivity index (χ3v) is 2.04. The maximum Gasteiger partial charge on any atom is 0.508 e. The minimum Gasteiger partial charge on any atom is -0.466 e. The Bertz CT molecular complexity index is 237. The van der Waals surface area contributed by atoms with Crippen molar-refractivity contribution in [3.63, 3.8) is 0 Å². The highest BCUT2D eigenvalue weighted by Gasteiger charge is 2.23. The quantitative estimate of drug-likeness (QED) is 0.645. The van der Waals surface area contributed by atoms with E-state index in [0.29, 0.717) is 18.9 Å². The smallest absolute Gasteiger partial charge is 0.466 e. The molecule has 0 bridgehead atoms. The van der Waals surface area contributed by atoms with Gasteiger partial charge in [-0.3, -0.25) is 4.79 Å². The Kier molecular flexibility index (Phi) is 8.19. The van der Waals surface area contributed by atoms with Gasteiger partial charge in [-0.2, -0.15) is 0 Å². The molecular formula is C12H22O5. The van der Waals surface area contributed by atoms with Gasteiger partial charge in [-0.1, -0.05) is 13.8 Å². The molecule has 0 rings (SSSR count). The second-order valence-corrected chi connectivity index (χ2v) is 4.07. The van der Waals surface area contributed by atoms with Gasteiger partial charge in [-0.05, 0) is 26.2 Å². The molecule has 100 valence electrons. The van der Waals surface area contributed by atoms with Crippen LogP contribution in [0.15, 0.2) is 0 Å². The van der Waals surface area contributed by atoms with Crippen LogP contribution in [0, 0.1) is 11.8 Å². The van der Waals surface area contributed by atoms with Gasteiger partial charge >= 0.3 is 12.1 Å². The molecule has 1 atom stereocenters. The molecule has 0 fully saturated rings. The van der Waals surface area contributed by atoms with E-state index in [-0.39, 0.29) is 19.2 Å². The van der Waals surface area contributed by atoms with Crippen molar-refractivity contribution in [2.24, 2.45) is 11.8 Å². The van der Waals surface area contributed by atoms with Crippen LogP contribution in [0.5, 0.6) is 0 Å². The Labute approximate surface area is 102 Å². The summed E-state index contributed by atoms with van der Waals surface area (Å²) < 4.78 is 14.4. The predicted octanol–water partition coefficient (Wildman–Crippen LogP) is 2.38. The van der Waals surface area contributed by atoms with Gasteiger partial charge in [0.1, 0.15) is 6.61 Å². The average Bonchev–Trinajstić information content (AvgIpc) is 2.24. The predicted molar refractivity (Wildman–Crippen MR) is 62.6 cm³/mol. The third-order valence-electron chi connectivity index (χ3n) is 2.04. The van der Waals surface area contributed by atoms with Crippen LogP contribution in [0.1, 0.15) is 34.1 Å². The molecule has 17 heavy (non-hydrogen) atoms. The zero-order valence-corrected chi connectivity index (χ0v) is 11.0. The van der Waals surface area contributed by atoms with Crippen molar-refractivity contribution in [2.75, 3.05) is 19.8 Å². The van der Waals surface area contributed by atoms with Crippen LogP contribution in [-0.2, 0) is 19.0 Å². The molecule has 0 heterocycles. The molecule has 0 amide bonds. The van der Waals surface area contributed by atoms with E-state index in [1.54, 1.807) is 13.8 Å². The second-order valence-electron chi connectivity index (χ2n) is 4.07. The lowest BCUT2D eigenvalue weighted by Crippen LogP contribution is -2.26.